The Morgan fingerprint density at radius 2 is 2.11 bits per heavy atom. The van der Waals surface area contributed by atoms with Crippen molar-refractivity contribution in [2.24, 2.45) is 0 Å². The Hall–Kier alpha value is -3.06. The van der Waals surface area contributed by atoms with Crippen LogP contribution in [-0.2, 0) is 4.79 Å². The smallest absolute Gasteiger partial charge is 0.231 e. The molecule has 1 amide bonds. The van der Waals surface area contributed by atoms with Gasteiger partial charge in [0.1, 0.15) is 5.52 Å². The van der Waals surface area contributed by atoms with E-state index in [1.54, 1.807) is 18.0 Å². The van der Waals surface area contributed by atoms with Crippen LogP contribution in [-0.4, -0.2) is 33.1 Å². The highest BCUT2D eigenvalue weighted by molar-refractivity contribution is 7.98. The van der Waals surface area contributed by atoms with Gasteiger partial charge in [-0.05, 0) is 30.5 Å². The van der Waals surface area contributed by atoms with Crippen LogP contribution in [0.1, 0.15) is 6.42 Å². The molecule has 4 rings (SSSR count). The van der Waals surface area contributed by atoms with Gasteiger partial charge in [-0.15, -0.1) is 0 Å². The number of nitrogens with one attached hydrogen (secondary N) is 2. The normalized spacial score (nSPS) is 11.0. The number of rotatable bonds is 6. The minimum Gasteiger partial charge on any atom is -0.436 e. The predicted octanol–water partition coefficient (Wildman–Crippen LogP) is 4.58. The second kappa shape index (κ2) is 7.67. The van der Waals surface area contributed by atoms with Crippen molar-refractivity contribution >= 4 is 34.5 Å². The number of amides is 1. The van der Waals surface area contributed by atoms with Crippen molar-refractivity contribution < 1.29 is 9.21 Å². The summed E-state index contributed by atoms with van der Waals surface area (Å²) in [5.74, 6) is 1.31. The monoisotopic (exact) mass is 378 g/mol. The number of H-pyrrole nitrogens is 1. The zero-order valence-corrected chi connectivity index (χ0v) is 15.5. The summed E-state index contributed by atoms with van der Waals surface area (Å²) in [5.41, 5.74) is 4.74. The first kappa shape index (κ1) is 17.4. The molecule has 0 saturated heterocycles. The van der Waals surface area contributed by atoms with Gasteiger partial charge in [-0.3, -0.25) is 9.89 Å². The van der Waals surface area contributed by atoms with Gasteiger partial charge in [0.05, 0.1) is 17.5 Å². The van der Waals surface area contributed by atoms with Crippen molar-refractivity contribution in [2.45, 2.75) is 6.42 Å². The topological polar surface area (TPSA) is 83.8 Å². The van der Waals surface area contributed by atoms with Gasteiger partial charge in [-0.2, -0.15) is 16.9 Å². The molecule has 4 aromatic rings. The van der Waals surface area contributed by atoms with Crippen LogP contribution in [0.3, 0.4) is 0 Å². The van der Waals surface area contributed by atoms with E-state index in [2.05, 4.69) is 20.5 Å². The summed E-state index contributed by atoms with van der Waals surface area (Å²) < 4.78 is 5.87. The molecule has 7 heteroatoms. The van der Waals surface area contributed by atoms with Crippen LogP contribution in [0, 0.1) is 0 Å². The minimum atomic E-state index is 0.00489. The summed E-state index contributed by atoms with van der Waals surface area (Å²) in [6.45, 7) is 0. The van der Waals surface area contributed by atoms with Gasteiger partial charge < -0.3 is 9.73 Å². The van der Waals surface area contributed by atoms with Crippen molar-refractivity contribution in [2.75, 3.05) is 17.3 Å². The van der Waals surface area contributed by atoms with Gasteiger partial charge in [0, 0.05) is 23.4 Å². The minimum absolute atomic E-state index is 0.00489. The number of oxazole rings is 1. The number of hydrogen-bond donors (Lipinski definition) is 2. The highest BCUT2D eigenvalue weighted by atomic mass is 32.2. The summed E-state index contributed by atoms with van der Waals surface area (Å²) in [6.07, 6.45) is 4.17. The van der Waals surface area contributed by atoms with Crippen LogP contribution in [0.4, 0.5) is 5.69 Å². The zero-order valence-electron chi connectivity index (χ0n) is 14.7. The van der Waals surface area contributed by atoms with Crippen molar-refractivity contribution in [1.29, 1.82) is 0 Å². The van der Waals surface area contributed by atoms with Gasteiger partial charge in [0.2, 0.25) is 11.8 Å². The maximum atomic E-state index is 12.0. The van der Waals surface area contributed by atoms with E-state index in [0.29, 0.717) is 12.3 Å². The molecule has 6 nitrogen and oxygen atoms in total. The number of anilines is 1. The van der Waals surface area contributed by atoms with E-state index < -0.39 is 0 Å². The second-order valence-electron chi connectivity index (χ2n) is 6.02. The summed E-state index contributed by atoms with van der Waals surface area (Å²) in [5, 5.41) is 10.1. The van der Waals surface area contributed by atoms with Crippen LogP contribution in [0.25, 0.3) is 33.8 Å². The lowest BCUT2D eigenvalue weighted by Crippen LogP contribution is -2.12. The fourth-order valence-corrected chi connectivity index (χ4v) is 3.22. The first-order valence-corrected chi connectivity index (χ1v) is 9.92. The molecule has 0 spiro atoms. The summed E-state index contributed by atoms with van der Waals surface area (Å²) in [6, 6.07) is 15.3. The second-order valence-corrected chi connectivity index (χ2v) is 7.00. The molecule has 2 aromatic heterocycles. The molecule has 0 aliphatic heterocycles. The molecule has 2 heterocycles. The highest BCUT2D eigenvalue weighted by Gasteiger charge is 2.16. The number of aromatic nitrogens is 3. The molecular weight excluding hydrogens is 360 g/mol. The molecule has 2 N–H and O–H groups in total. The maximum Gasteiger partial charge on any atom is 0.231 e. The molecule has 0 bridgehead atoms. The standard InChI is InChI=1S/C20H18N4O2S/c1-27-10-9-18(25)22-14-6-4-5-13(11-14)19-15(12-21-24-19)20-23-16-7-2-3-8-17(16)26-20/h2-8,11-12H,9-10H2,1H3,(H,21,24)(H,22,25). The Morgan fingerprint density at radius 3 is 2.96 bits per heavy atom. The van der Waals surface area contributed by atoms with Crippen molar-refractivity contribution in [3.63, 3.8) is 0 Å². The molecule has 0 radical (unpaired) electrons. The summed E-state index contributed by atoms with van der Waals surface area (Å²) in [7, 11) is 0. The average molecular weight is 378 g/mol. The zero-order chi connectivity index (χ0) is 18.6. The van der Waals surface area contributed by atoms with Crippen LogP contribution in [0.5, 0.6) is 0 Å². The average Bonchev–Trinajstić information content (AvgIpc) is 3.33. The van der Waals surface area contributed by atoms with E-state index >= 15 is 0 Å². The van der Waals surface area contributed by atoms with Gasteiger partial charge in [-0.1, -0.05) is 24.3 Å². The third kappa shape index (κ3) is 3.73. The SMILES string of the molecule is CSCCC(=O)Nc1cccc(-c2[nH]ncc2-c2nc3ccccc3o2)c1. The molecule has 0 aliphatic carbocycles. The lowest BCUT2D eigenvalue weighted by molar-refractivity contribution is -0.115. The Labute approximate surface area is 160 Å². The lowest BCUT2D eigenvalue weighted by Gasteiger charge is -2.07. The lowest BCUT2D eigenvalue weighted by atomic mass is 10.1. The summed E-state index contributed by atoms with van der Waals surface area (Å²) in [4.78, 5) is 16.5. The van der Waals surface area contributed by atoms with Crippen LogP contribution in [0.2, 0.25) is 0 Å². The highest BCUT2D eigenvalue weighted by Crippen LogP contribution is 2.32. The quantitative estimate of drug-likeness (QED) is 0.513. The number of thioether (sulfide) groups is 1. The molecule has 136 valence electrons. The third-order valence-corrected chi connectivity index (χ3v) is 4.74. The van der Waals surface area contributed by atoms with E-state index in [-0.39, 0.29) is 5.91 Å². The van der Waals surface area contributed by atoms with E-state index in [9.17, 15) is 4.79 Å². The largest absolute Gasteiger partial charge is 0.436 e. The Morgan fingerprint density at radius 1 is 1.22 bits per heavy atom. The number of hydrogen-bond acceptors (Lipinski definition) is 5. The van der Waals surface area contributed by atoms with E-state index in [4.69, 9.17) is 4.42 Å². The van der Waals surface area contributed by atoms with Crippen LogP contribution in [0.15, 0.2) is 59.1 Å². The number of carbonyl (C=O) groups is 1. The van der Waals surface area contributed by atoms with Gasteiger partial charge in [0.25, 0.3) is 0 Å². The predicted molar refractivity (Wildman–Crippen MR) is 109 cm³/mol. The van der Waals surface area contributed by atoms with Crippen molar-refractivity contribution in [3.05, 3.63) is 54.7 Å². The van der Waals surface area contributed by atoms with E-state index in [1.165, 1.54) is 0 Å². The van der Waals surface area contributed by atoms with E-state index in [1.807, 2.05) is 54.8 Å². The van der Waals surface area contributed by atoms with Gasteiger partial charge in [0.15, 0.2) is 5.58 Å². The fourth-order valence-electron chi connectivity index (χ4n) is 2.83. The van der Waals surface area contributed by atoms with E-state index in [0.717, 1.165) is 39.4 Å². The Balaban J connectivity index is 1.64. The molecule has 27 heavy (non-hydrogen) atoms. The number of nitrogens with zero attached hydrogens (tertiary/aromatic N) is 2. The Bertz CT molecular complexity index is 1050. The van der Waals surface area contributed by atoms with Crippen LogP contribution >= 0.6 is 11.8 Å². The molecule has 0 unspecified atom stereocenters. The maximum absolute atomic E-state index is 12.0. The number of para-hydroxylation sites is 2. The number of benzene rings is 2. The first-order chi connectivity index (χ1) is 13.2. The van der Waals surface area contributed by atoms with Crippen molar-refractivity contribution in [3.8, 4) is 22.7 Å². The molecule has 2 aromatic carbocycles. The third-order valence-electron chi connectivity index (χ3n) is 4.13. The molecule has 0 saturated carbocycles. The van der Waals surface area contributed by atoms with Gasteiger partial charge >= 0.3 is 0 Å². The molecule has 0 fully saturated rings. The summed E-state index contributed by atoms with van der Waals surface area (Å²) >= 11 is 1.65. The number of fused-ring (bicyclic) bond motifs is 1. The van der Waals surface area contributed by atoms with Gasteiger partial charge in [-0.25, -0.2) is 4.98 Å². The van der Waals surface area contributed by atoms with Crippen molar-refractivity contribution in [1.82, 2.24) is 15.2 Å². The fraction of sp³-hybridized carbons (Fsp3) is 0.150. The molecule has 0 aliphatic rings. The number of carbonyl (C=O) groups excluding carboxylic acids is 1. The van der Waals surface area contributed by atoms with Crippen LogP contribution < -0.4 is 5.32 Å². The first-order valence-electron chi connectivity index (χ1n) is 8.53. The number of aromatic amines is 1. The molecular formula is C20H18N4O2S. The Kier molecular flexibility index (Phi) is 4.93. The molecule has 0 atom stereocenters.